The molecule has 25 heavy (non-hydrogen) atoms. The Labute approximate surface area is 148 Å². The number of likely N-dealkylation sites (tertiary alicyclic amines) is 1. The predicted molar refractivity (Wildman–Crippen MR) is 100 cm³/mol. The molecule has 6 heteroatoms. The summed E-state index contributed by atoms with van der Waals surface area (Å²) < 4.78 is 0. The average Bonchev–Trinajstić information content (AvgIpc) is 2.60. The van der Waals surface area contributed by atoms with Gasteiger partial charge in [0.05, 0.1) is 18.1 Å². The molecule has 0 bridgehead atoms. The van der Waals surface area contributed by atoms with Gasteiger partial charge in [-0.25, -0.2) is 9.78 Å². The summed E-state index contributed by atoms with van der Waals surface area (Å²) in [6, 6.07) is 0.394. The number of rotatable bonds is 7. The highest BCUT2D eigenvalue weighted by Crippen LogP contribution is 2.19. The Morgan fingerprint density at radius 1 is 1.36 bits per heavy atom. The van der Waals surface area contributed by atoms with Crippen LogP contribution < -0.4 is 5.32 Å². The number of aliphatic carboxylic acids is 1. The first kappa shape index (κ1) is 18.6. The molecule has 0 aromatic carbocycles. The van der Waals surface area contributed by atoms with Crippen molar-refractivity contribution in [3.63, 3.8) is 0 Å². The first-order valence-electron chi connectivity index (χ1n) is 8.19. The first-order valence-corrected chi connectivity index (χ1v) is 8.19. The topological polar surface area (TPSA) is 78.3 Å². The lowest BCUT2D eigenvalue weighted by Crippen LogP contribution is -2.36. The number of carboxylic acids is 1. The molecule has 0 unspecified atom stereocenters. The van der Waals surface area contributed by atoms with Crippen molar-refractivity contribution in [1.29, 1.82) is 0 Å². The average molecular weight is 340 g/mol. The maximum absolute atomic E-state index is 10.6. The van der Waals surface area contributed by atoms with Gasteiger partial charge < -0.3 is 15.3 Å². The molecule has 0 radical (unpaired) electrons. The SMILES string of the molecule is C=C/C(=C\C(=C)/C=C/C(=O)O)c1cncc(NC2CCN(C)CC2)n1. The number of nitrogens with one attached hydrogen (secondary N) is 1. The van der Waals surface area contributed by atoms with Gasteiger partial charge in [-0.05, 0) is 50.7 Å². The van der Waals surface area contributed by atoms with Crippen LogP contribution in [-0.4, -0.2) is 52.1 Å². The summed E-state index contributed by atoms with van der Waals surface area (Å²) in [6.07, 6.45) is 11.4. The second-order valence-electron chi connectivity index (χ2n) is 6.06. The van der Waals surface area contributed by atoms with Crippen LogP contribution in [0.4, 0.5) is 5.82 Å². The van der Waals surface area contributed by atoms with E-state index in [1.54, 1.807) is 24.5 Å². The lowest BCUT2D eigenvalue weighted by atomic mass is 10.1. The van der Waals surface area contributed by atoms with E-state index in [-0.39, 0.29) is 0 Å². The fourth-order valence-electron chi connectivity index (χ4n) is 2.60. The molecule has 132 valence electrons. The van der Waals surface area contributed by atoms with Gasteiger partial charge in [-0.1, -0.05) is 19.2 Å². The minimum absolute atomic E-state index is 0.394. The molecule has 1 aliphatic rings. The van der Waals surface area contributed by atoms with Crippen LogP contribution in [0, 0.1) is 0 Å². The van der Waals surface area contributed by atoms with E-state index in [1.807, 2.05) is 0 Å². The Kier molecular flexibility index (Phi) is 6.65. The number of carbonyl (C=O) groups is 1. The van der Waals surface area contributed by atoms with Crippen LogP contribution in [0.1, 0.15) is 18.5 Å². The number of nitrogens with zero attached hydrogens (tertiary/aromatic N) is 3. The smallest absolute Gasteiger partial charge is 0.328 e. The molecular weight excluding hydrogens is 316 g/mol. The molecule has 0 spiro atoms. The number of allylic oxidation sites excluding steroid dienone is 5. The third-order valence-electron chi connectivity index (χ3n) is 4.00. The van der Waals surface area contributed by atoms with Crippen molar-refractivity contribution in [3.8, 4) is 0 Å². The van der Waals surface area contributed by atoms with Gasteiger partial charge in [0, 0.05) is 17.7 Å². The molecule has 6 nitrogen and oxygen atoms in total. The van der Waals surface area contributed by atoms with E-state index in [1.165, 1.54) is 6.08 Å². The fraction of sp³-hybridized carbons (Fsp3) is 0.316. The highest BCUT2D eigenvalue weighted by Gasteiger charge is 2.17. The molecule has 1 saturated heterocycles. The van der Waals surface area contributed by atoms with Crippen LogP contribution in [0.3, 0.4) is 0 Å². The Balaban J connectivity index is 2.11. The van der Waals surface area contributed by atoms with Crippen molar-refractivity contribution >= 4 is 17.4 Å². The Bertz CT molecular complexity index is 701. The van der Waals surface area contributed by atoms with E-state index in [0.29, 0.717) is 17.3 Å². The zero-order valence-corrected chi connectivity index (χ0v) is 14.5. The van der Waals surface area contributed by atoms with Crippen LogP contribution >= 0.6 is 0 Å². The van der Waals surface area contributed by atoms with Crippen molar-refractivity contribution in [2.24, 2.45) is 0 Å². The maximum Gasteiger partial charge on any atom is 0.328 e. The van der Waals surface area contributed by atoms with E-state index in [9.17, 15) is 4.79 Å². The van der Waals surface area contributed by atoms with Crippen molar-refractivity contribution < 1.29 is 9.90 Å². The minimum Gasteiger partial charge on any atom is -0.478 e. The number of anilines is 1. The summed E-state index contributed by atoms with van der Waals surface area (Å²) in [5.74, 6) is -0.287. The number of hydrogen-bond acceptors (Lipinski definition) is 5. The summed E-state index contributed by atoms with van der Waals surface area (Å²) >= 11 is 0. The summed E-state index contributed by atoms with van der Waals surface area (Å²) in [4.78, 5) is 21.7. The summed E-state index contributed by atoms with van der Waals surface area (Å²) in [6.45, 7) is 9.75. The minimum atomic E-state index is -1.01. The molecule has 0 atom stereocenters. The van der Waals surface area contributed by atoms with Gasteiger partial charge in [0.1, 0.15) is 5.82 Å². The second-order valence-corrected chi connectivity index (χ2v) is 6.06. The third kappa shape index (κ3) is 6.00. The Morgan fingerprint density at radius 3 is 2.72 bits per heavy atom. The number of hydrogen-bond donors (Lipinski definition) is 2. The quantitative estimate of drug-likeness (QED) is 0.587. The fourth-order valence-corrected chi connectivity index (χ4v) is 2.60. The summed E-state index contributed by atoms with van der Waals surface area (Å²) in [5, 5.41) is 12.1. The molecule has 1 aromatic heterocycles. The molecule has 0 aliphatic carbocycles. The summed E-state index contributed by atoms with van der Waals surface area (Å²) in [5.41, 5.74) is 1.95. The van der Waals surface area contributed by atoms with Crippen molar-refractivity contribution in [2.45, 2.75) is 18.9 Å². The monoisotopic (exact) mass is 340 g/mol. The number of carboxylic acid groups (broad SMARTS) is 1. The molecular formula is C19H24N4O2. The normalized spacial score (nSPS) is 16.8. The maximum atomic E-state index is 10.6. The van der Waals surface area contributed by atoms with E-state index in [4.69, 9.17) is 5.11 Å². The molecule has 2 rings (SSSR count). The first-order chi connectivity index (χ1) is 12.0. The molecule has 0 saturated carbocycles. The van der Waals surface area contributed by atoms with Gasteiger partial charge in [-0.3, -0.25) is 4.98 Å². The molecule has 1 aromatic rings. The van der Waals surface area contributed by atoms with Gasteiger partial charge in [-0.15, -0.1) is 0 Å². The van der Waals surface area contributed by atoms with E-state index in [0.717, 1.165) is 43.4 Å². The van der Waals surface area contributed by atoms with Gasteiger partial charge >= 0.3 is 5.97 Å². The van der Waals surface area contributed by atoms with Gasteiger partial charge in [0.25, 0.3) is 0 Å². The number of piperidine rings is 1. The molecule has 1 aliphatic heterocycles. The van der Waals surface area contributed by atoms with Gasteiger partial charge in [-0.2, -0.15) is 0 Å². The van der Waals surface area contributed by atoms with Crippen LogP contribution in [0.25, 0.3) is 5.57 Å². The number of aromatic nitrogens is 2. The largest absolute Gasteiger partial charge is 0.478 e. The second kappa shape index (κ2) is 8.94. The van der Waals surface area contributed by atoms with Crippen LogP contribution in [-0.2, 0) is 4.79 Å². The highest BCUT2D eigenvalue weighted by atomic mass is 16.4. The zero-order chi connectivity index (χ0) is 18.2. The van der Waals surface area contributed by atoms with Crippen molar-refractivity contribution in [2.75, 3.05) is 25.5 Å². The van der Waals surface area contributed by atoms with Crippen molar-refractivity contribution in [3.05, 3.63) is 61.1 Å². The van der Waals surface area contributed by atoms with Crippen LogP contribution in [0.5, 0.6) is 0 Å². The van der Waals surface area contributed by atoms with Crippen LogP contribution in [0.2, 0.25) is 0 Å². The van der Waals surface area contributed by atoms with Gasteiger partial charge in [0.15, 0.2) is 0 Å². The standard InChI is InChI=1S/C19H24N4O2/c1-4-15(11-14(2)5-6-19(24)25)17-12-20-13-18(22-17)21-16-7-9-23(3)10-8-16/h4-6,11-13,16H,1-2,7-10H2,3H3,(H,21,22)(H,24,25)/b6-5+,15-11+. The lowest BCUT2D eigenvalue weighted by Gasteiger charge is -2.29. The highest BCUT2D eigenvalue weighted by molar-refractivity contribution is 5.81. The Morgan fingerprint density at radius 2 is 2.08 bits per heavy atom. The van der Waals surface area contributed by atoms with Crippen LogP contribution in [0.15, 0.2) is 55.4 Å². The zero-order valence-electron chi connectivity index (χ0n) is 14.5. The predicted octanol–water partition coefficient (Wildman–Crippen LogP) is 2.75. The molecule has 1 fully saturated rings. The van der Waals surface area contributed by atoms with Gasteiger partial charge in [0.2, 0.25) is 0 Å². The van der Waals surface area contributed by atoms with E-state index in [2.05, 4.69) is 40.4 Å². The Hall–Kier alpha value is -2.73. The molecule has 2 heterocycles. The lowest BCUT2D eigenvalue weighted by molar-refractivity contribution is -0.131. The third-order valence-corrected chi connectivity index (χ3v) is 4.00. The van der Waals surface area contributed by atoms with Crippen molar-refractivity contribution in [1.82, 2.24) is 14.9 Å². The molecule has 0 amide bonds. The molecule has 2 N–H and O–H groups in total. The summed E-state index contributed by atoms with van der Waals surface area (Å²) in [7, 11) is 2.13. The van der Waals surface area contributed by atoms with E-state index >= 15 is 0 Å². The van der Waals surface area contributed by atoms with E-state index < -0.39 is 5.97 Å².